The van der Waals surface area contributed by atoms with Crippen LogP contribution in [-0.4, -0.2) is 41.3 Å². The standard InChI is InChI=1S/C22H22ClN3O7/c1-13(2)20(25-21(29)15-8-9-16(23)17(11-15)26(31)32)22(30)33-12-19(28)24-18(27)10-14-6-4-3-5-7-14/h3-9,11,13,20H,10,12H2,1-2H3,(H,25,29)(H,24,27,28)/t20-/m1/s1. The molecule has 0 saturated heterocycles. The number of nitrogens with one attached hydrogen (secondary N) is 2. The maximum absolute atomic E-state index is 12.5. The van der Waals surface area contributed by atoms with Crippen LogP contribution < -0.4 is 10.6 Å². The summed E-state index contributed by atoms with van der Waals surface area (Å²) in [6.45, 7) is 2.56. The number of carbonyl (C=O) groups excluding carboxylic acids is 4. The molecule has 2 aromatic rings. The zero-order valence-electron chi connectivity index (χ0n) is 17.9. The molecule has 3 amide bonds. The van der Waals surface area contributed by atoms with E-state index in [1.165, 1.54) is 12.1 Å². The van der Waals surface area contributed by atoms with E-state index in [0.29, 0.717) is 5.56 Å². The lowest BCUT2D eigenvalue weighted by atomic mass is 10.0. The van der Waals surface area contributed by atoms with Crippen LogP contribution in [0.1, 0.15) is 29.8 Å². The molecule has 0 spiro atoms. The molecule has 0 bridgehead atoms. The summed E-state index contributed by atoms with van der Waals surface area (Å²) in [5.74, 6) is -3.45. The monoisotopic (exact) mass is 475 g/mol. The average molecular weight is 476 g/mol. The van der Waals surface area contributed by atoms with Crippen molar-refractivity contribution in [1.29, 1.82) is 0 Å². The van der Waals surface area contributed by atoms with Crippen LogP contribution in [0.25, 0.3) is 0 Å². The molecule has 11 heteroatoms. The molecule has 0 aliphatic carbocycles. The molecule has 174 valence electrons. The predicted molar refractivity (Wildman–Crippen MR) is 118 cm³/mol. The van der Waals surface area contributed by atoms with Gasteiger partial charge in [0.25, 0.3) is 17.5 Å². The number of benzene rings is 2. The third-order valence-electron chi connectivity index (χ3n) is 4.44. The van der Waals surface area contributed by atoms with Crippen molar-refractivity contribution in [2.75, 3.05) is 6.61 Å². The molecular weight excluding hydrogens is 454 g/mol. The Morgan fingerprint density at radius 3 is 2.33 bits per heavy atom. The Labute approximate surface area is 194 Å². The minimum atomic E-state index is -1.14. The highest BCUT2D eigenvalue weighted by Crippen LogP contribution is 2.25. The topological polar surface area (TPSA) is 145 Å². The Morgan fingerprint density at radius 1 is 1.06 bits per heavy atom. The Bertz CT molecular complexity index is 1060. The zero-order valence-corrected chi connectivity index (χ0v) is 18.6. The molecule has 2 N–H and O–H groups in total. The first-order valence-electron chi connectivity index (χ1n) is 9.86. The molecular formula is C22H22ClN3O7. The molecule has 0 aliphatic rings. The number of hydrogen-bond acceptors (Lipinski definition) is 7. The Balaban J connectivity index is 1.93. The average Bonchev–Trinajstić information content (AvgIpc) is 2.76. The van der Waals surface area contributed by atoms with Crippen molar-refractivity contribution in [2.45, 2.75) is 26.3 Å². The zero-order chi connectivity index (χ0) is 24.5. The summed E-state index contributed by atoms with van der Waals surface area (Å²) in [4.78, 5) is 59.1. The quantitative estimate of drug-likeness (QED) is 0.322. The number of nitro groups is 1. The number of rotatable bonds is 9. The molecule has 0 aromatic heterocycles. The van der Waals surface area contributed by atoms with Crippen LogP contribution in [0, 0.1) is 16.0 Å². The van der Waals surface area contributed by atoms with E-state index < -0.39 is 52.9 Å². The number of nitrogens with zero attached hydrogens (tertiary/aromatic N) is 1. The molecule has 33 heavy (non-hydrogen) atoms. The van der Waals surface area contributed by atoms with E-state index >= 15 is 0 Å². The van der Waals surface area contributed by atoms with E-state index in [1.54, 1.807) is 44.2 Å². The van der Waals surface area contributed by atoms with Crippen LogP contribution in [-0.2, 0) is 25.5 Å². The van der Waals surface area contributed by atoms with Gasteiger partial charge in [0, 0.05) is 11.6 Å². The largest absolute Gasteiger partial charge is 0.454 e. The van der Waals surface area contributed by atoms with Gasteiger partial charge in [-0.1, -0.05) is 55.8 Å². The van der Waals surface area contributed by atoms with Crippen LogP contribution in [0.4, 0.5) is 5.69 Å². The number of esters is 1. The first-order valence-corrected chi connectivity index (χ1v) is 10.2. The lowest BCUT2D eigenvalue weighted by molar-refractivity contribution is -0.384. The van der Waals surface area contributed by atoms with Crippen LogP contribution in [0.5, 0.6) is 0 Å². The predicted octanol–water partition coefficient (Wildman–Crippen LogP) is 2.43. The molecule has 0 heterocycles. The molecule has 0 fully saturated rings. The van der Waals surface area contributed by atoms with Crippen molar-refractivity contribution in [2.24, 2.45) is 5.92 Å². The van der Waals surface area contributed by atoms with Gasteiger partial charge in [-0.3, -0.25) is 29.8 Å². The summed E-state index contributed by atoms with van der Waals surface area (Å²) in [6, 6.07) is 11.1. The van der Waals surface area contributed by atoms with E-state index in [0.717, 1.165) is 6.07 Å². The van der Waals surface area contributed by atoms with Crippen LogP contribution in [0.2, 0.25) is 5.02 Å². The fourth-order valence-electron chi connectivity index (χ4n) is 2.76. The van der Waals surface area contributed by atoms with E-state index in [1.807, 2.05) is 0 Å². The van der Waals surface area contributed by atoms with Crippen LogP contribution in [0.3, 0.4) is 0 Å². The number of carbonyl (C=O) groups is 4. The first kappa shape index (κ1) is 25.5. The van der Waals surface area contributed by atoms with Gasteiger partial charge in [0.2, 0.25) is 5.91 Å². The lowest BCUT2D eigenvalue weighted by Crippen LogP contribution is -2.46. The minimum absolute atomic E-state index is 0.0154. The van der Waals surface area contributed by atoms with Crippen molar-refractivity contribution in [3.05, 3.63) is 74.8 Å². The van der Waals surface area contributed by atoms with Gasteiger partial charge >= 0.3 is 5.97 Å². The number of amides is 3. The van der Waals surface area contributed by atoms with Gasteiger partial charge in [-0.15, -0.1) is 0 Å². The van der Waals surface area contributed by atoms with Crippen LogP contribution >= 0.6 is 11.6 Å². The summed E-state index contributed by atoms with van der Waals surface area (Å²) < 4.78 is 4.95. The van der Waals surface area contributed by atoms with E-state index in [-0.39, 0.29) is 17.0 Å². The molecule has 0 unspecified atom stereocenters. The highest BCUT2D eigenvalue weighted by atomic mass is 35.5. The van der Waals surface area contributed by atoms with Crippen molar-refractivity contribution in [3.63, 3.8) is 0 Å². The van der Waals surface area contributed by atoms with Gasteiger partial charge in [-0.2, -0.15) is 0 Å². The second kappa shape index (κ2) is 11.7. The summed E-state index contributed by atoms with van der Waals surface area (Å²) in [7, 11) is 0. The first-order chi connectivity index (χ1) is 15.6. The van der Waals surface area contributed by atoms with Crippen LogP contribution in [0.15, 0.2) is 48.5 Å². The van der Waals surface area contributed by atoms with Crippen molar-refractivity contribution < 1.29 is 28.8 Å². The van der Waals surface area contributed by atoms with Gasteiger partial charge in [0.05, 0.1) is 11.3 Å². The Hall–Kier alpha value is -3.79. The molecule has 10 nitrogen and oxygen atoms in total. The summed E-state index contributed by atoms with van der Waals surface area (Å²) in [5.41, 5.74) is 0.184. The molecule has 0 saturated carbocycles. The fourth-order valence-corrected chi connectivity index (χ4v) is 2.95. The Morgan fingerprint density at radius 2 is 1.73 bits per heavy atom. The SMILES string of the molecule is CC(C)[C@@H](NC(=O)c1ccc(Cl)c([N+](=O)[O-])c1)C(=O)OCC(=O)NC(=O)Cc1ccccc1. The molecule has 0 radical (unpaired) electrons. The highest BCUT2D eigenvalue weighted by Gasteiger charge is 2.28. The smallest absolute Gasteiger partial charge is 0.329 e. The molecule has 0 aliphatic heterocycles. The van der Waals surface area contributed by atoms with Crippen molar-refractivity contribution in [1.82, 2.24) is 10.6 Å². The van der Waals surface area contributed by atoms with Gasteiger partial charge in [-0.05, 0) is 23.6 Å². The number of imide groups is 1. The van der Waals surface area contributed by atoms with E-state index in [2.05, 4.69) is 10.6 Å². The number of halogens is 1. The second-order valence-electron chi connectivity index (χ2n) is 7.36. The summed E-state index contributed by atoms with van der Waals surface area (Å²) >= 11 is 5.75. The van der Waals surface area contributed by atoms with E-state index in [4.69, 9.17) is 16.3 Å². The molecule has 2 aromatic carbocycles. The maximum atomic E-state index is 12.5. The van der Waals surface area contributed by atoms with Gasteiger partial charge in [-0.25, -0.2) is 4.79 Å². The highest BCUT2D eigenvalue weighted by molar-refractivity contribution is 6.32. The minimum Gasteiger partial charge on any atom is -0.454 e. The number of hydrogen-bond donors (Lipinski definition) is 2. The lowest BCUT2D eigenvalue weighted by Gasteiger charge is -2.20. The third-order valence-corrected chi connectivity index (χ3v) is 4.76. The maximum Gasteiger partial charge on any atom is 0.329 e. The van der Waals surface area contributed by atoms with Crippen molar-refractivity contribution >= 4 is 41.0 Å². The normalized spacial score (nSPS) is 11.4. The van der Waals surface area contributed by atoms with E-state index in [9.17, 15) is 29.3 Å². The number of nitro benzene ring substituents is 1. The van der Waals surface area contributed by atoms with Crippen molar-refractivity contribution in [3.8, 4) is 0 Å². The Kier molecular flexibility index (Phi) is 9.05. The summed E-state index contributed by atoms with van der Waals surface area (Å²) in [5, 5.41) is 15.4. The van der Waals surface area contributed by atoms with Gasteiger partial charge < -0.3 is 10.1 Å². The second-order valence-corrected chi connectivity index (χ2v) is 7.77. The van der Waals surface area contributed by atoms with Gasteiger partial charge in [0.1, 0.15) is 11.1 Å². The number of ether oxygens (including phenoxy) is 1. The summed E-state index contributed by atoms with van der Waals surface area (Å²) in [6.07, 6.45) is -0.0154. The van der Waals surface area contributed by atoms with Gasteiger partial charge in [0.15, 0.2) is 6.61 Å². The fraction of sp³-hybridized carbons (Fsp3) is 0.273. The molecule has 1 atom stereocenters. The third kappa shape index (κ3) is 7.69. The molecule has 2 rings (SSSR count).